The maximum atomic E-state index is 12.1. The molecule has 8 nitrogen and oxygen atoms in total. The van der Waals surface area contributed by atoms with Crippen molar-refractivity contribution >= 4 is 22.8 Å². The van der Waals surface area contributed by atoms with E-state index >= 15 is 0 Å². The zero-order valence-electron chi connectivity index (χ0n) is 13.4. The summed E-state index contributed by atoms with van der Waals surface area (Å²) in [5, 5.41) is 2.71. The summed E-state index contributed by atoms with van der Waals surface area (Å²) in [6.07, 6.45) is 1.64. The maximum absolute atomic E-state index is 12.1. The van der Waals surface area contributed by atoms with Gasteiger partial charge in [-0.05, 0) is 18.2 Å². The molecule has 0 spiro atoms. The molecule has 124 valence electrons. The number of benzene rings is 1. The molecule has 0 saturated carbocycles. The van der Waals surface area contributed by atoms with E-state index in [9.17, 15) is 9.59 Å². The first-order valence-electron chi connectivity index (χ1n) is 7.39. The zero-order chi connectivity index (χ0) is 17.1. The van der Waals surface area contributed by atoms with Gasteiger partial charge in [0.1, 0.15) is 18.2 Å². The van der Waals surface area contributed by atoms with Gasteiger partial charge in [-0.25, -0.2) is 14.8 Å². The molecule has 2 heterocycles. The number of anilines is 1. The smallest absolute Gasteiger partial charge is 0.408 e. The quantitative estimate of drug-likeness (QED) is 0.744. The van der Waals surface area contributed by atoms with Gasteiger partial charge in [-0.15, -0.1) is 0 Å². The van der Waals surface area contributed by atoms with Crippen LogP contribution in [-0.2, 0) is 17.9 Å². The molecular formula is C16H17N5O3. The molecule has 0 radical (unpaired) electrons. The molecule has 0 aliphatic carbocycles. The van der Waals surface area contributed by atoms with Gasteiger partial charge in [-0.2, -0.15) is 0 Å². The summed E-state index contributed by atoms with van der Waals surface area (Å²) in [5.74, 6) is 0.380. The molecule has 24 heavy (non-hydrogen) atoms. The highest BCUT2D eigenvalue weighted by Crippen LogP contribution is 2.11. The van der Waals surface area contributed by atoms with Crippen LogP contribution in [0.4, 0.5) is 5.82 Å². The molecule has 0 unspecified atom stereocenters. The third-order valence-corrected chi connectivity index (χ3v) is 3.47. The number of hydrogen-bond donors (Lipinski definition) is 1. The largest absolute Gasteiger partial charge is 0.420 e. The van der Waals surface area contributed by atoms with Crippen LogP contribution in [0.3, 0.4) is 0 Å². The van der Waals surface area contributed by atoms with Crippen LogP contribution in [0.25, 0.3) is 11.1 Å². The Hall–Kier alpha value is -3.16. The van der Waals surface area contributed by atoms with Gasteiger partial charge >= 0.3 is 5.76 Å². The zero-order valence-corrected chi connectivity index (χ0v) is 13.4. The number of hydrogen-bond acceptors (Lipinski definition) is 6. The van der Waals surface area contributed by atoms with Gasteiger partial charge in [-0.3, -0.25) is 9.36 Å². The predicted octanol–water partition coefficient (Wildman–Crippen LogP) is 0.767. The minimum absolute atomic E-state index is 0.122. The Balaban J connectivity index is 1.68. The van der Waals surface area contributed by atoms with E-state index in [-0.39, 0.29) is 19.0 Å². The first-order chi connectivity index (χ1) is 11.5. The Morgan fingerprint density at radius 2 is 2.08 bits per heavy atom. The third-order valence-electron chi connectivity index (χ3n) is 3.47. The predicted molar refractivity (Wildman–Crippen MR) is 88.7 cm³/mol. The minimum Gasteiger partial charge on any atom is -0.408 e. The molecule has 0 bridgehead atoms. The topological polar surface area (TPSA) is 93.3 Å². The number of rotatable bonds is 5. The summed E-state index contributed by atoms with van der Waals surface area (Å²) in [6, 6.07) is 8.75. The Morgan fingerprint density at radius 1 is 1.29 bits per heavy atom. The van der Waals surface area contributed by atoms with Crippen LogP contribution in [-0.4, -0.2) is 34.5 Å². The molecular weight excluding hydrogens is 310 g/mol. The third kappa shape index (κ3) is 3.27. The second-order valence-electron chi connectivity index (χ2n) is 5.42. The number of para-hydroxylation sites is 2. The molecule has 0 aliphatic rings. The molecule has 2 aromatic heterocycles. The highest BCUT2D eigenvalue weighted by molar-refractivity contribution is 5.79. The molecule has 0 saturated heterocycles. The van der Waals surface area contributed by atoms with Crippen molar-refractivity contribution in [3.05, 3.63) is 52.9 Å². The van der Waals surface area contributed by atoms with Crippen LogP contribution >= 0.6 is 0 Å². The summed E-state index contributed by atoms with van der Waals surface area (Å²) in [4.78, 5) is 34.3. The number of oxazole rings is 1. The lowest BCUT2D eigenvalue weighted by Crippen LogP contribution is -2.31. The lowest BCUT2D eigenvalue weighted by atomic mass is 10.3. The summed E-state index contributed by atoms with van der Waals surface area (Å²) in [6.45, 7) is 0.0638. The van der Waals surface area contributed by atoms with Crippen LogP contribution < -0.4 is 16.0 Å². The van der Waals surface area contributed by atoms with Crippen molar-refractivity contribution in [3.63, 3.8) is 0 Å². The number of nitrogens with one attached hydrogen (secondary N) is 1. The van der Waals surface area contributed by atoms with Crippen LogP contribution in [0, 0.1) is 0 Å². The maximum Gasteiger partial charge on any atom is 0.420 e. The van der Waals surface area contributed by atoms with Crippen molar-refractivity contribution in [1.82, 2.24) is 19.9 Å². The van der Waals surface area contributed by atoms with Crippen LogP contribution in [0.5, 0.6) is 0 Å². The molecule has 0 aliphatic heterocycles. The number of amides is 1. The van der Waals surface area contributed by atoms with Gasteiger partial charge in [0.15, 0.2) is 5.58 Å². The van der Waals surface area contributed by atoms with Crippen LogP contribution in [0.2, 0.25) is 0 Å². The number of carbonyl (C=O) groups excluding carboxylic acids is 1. The van der Waals surface area contributed by atoms with E-state index < -0.39 is 5.76 Å². The van der Waals surface area contributed by atoms with Gasteiger partial charge in [0.25, 0.3) is 0 Å². The standard InChI is InChI=1S/C16H17N5O3/c1-20(2)14-7-8-17-13(19-14)9-18-15(22)10-21-11-5-3-4-6-12(11)24-16(21)23/h3-8H,9-10H2,1-2H3,(H,18,22). The molecule has 3 rings (SSSR count). The van der Waals surface area contributed by atoms with E-state index in [1.165, 1.54) is 4.57 Å². The normalized spacial score (nSPS) is 10.8. The summed E-state index contributed by atoms with van der Waals surface area (Å²) in [7, 11) is 3.75. The monoisotopic (exact) mass is 327 g/mol. The summed E-state index contributed by atoms with van der Waals surface area (Å²) >= 11 is 0. The Bertz CT molecular complexity index is 929. The van der Waals surface area contributed by atoms with E-state index in [1.54, 1.807) is 36.5 Å². The Labute approximate surface area is 137 Å². The van der Waals surface area contributed by atoms with Gasteiger partial charge in [-0.1, -0.05) is 12.1 Å². The first-order valence-corrected chi connectivity index (χ1v) is 7.39. The molecule has 0 fully saturated rings. The van der Waals surface area contributed by atoms with Gasteiger partial charge in [0.2, 0.25) is 5.91 Å². The number of carbonyl (C=O) groups is 1. The summed E-state index contributed by atoms with van der Waals surface area (Å²) in [5.41, 5.74) is 1.04. The van der Waals surface area contributed by atoms with E-state index in [2.05, 4.69) is 15.3 Å². The minimum atomic E-state index is -0.558. The van der Waals surface area contributed by atoms with Crippen molar-refractivity contribution in [2.24, 2.45) is 0 Å². The molecule has 8 heteroatoms. The number of fused-ring (bicyclic) bond motifs is 1. The molecule has 3 aromatic rings. The van der Waals surface area contributed by atoms with Crippen molar-refractivity contribution < 1.29 is 9.21 Å². The van der Waals surface area contributed by atoms with Crippen LogP contribution in [0.1, 0.15) is 5.82 Å². The fourth-order valence-electron chi connectivity index (χ4n) is 2.26. The fourth-order valence-corrected chi connectivity index (χ4v) is 2.26. The van der Waals surface area contributed by atoms with E-state index in [0.717, 1.165) is 5.82 Å². The first kappa shape index (κ1) is 15.7. The van der Waals surface area contributed by atoms with Gasteiger partial charge < -0.3 is 14.6 Å². The SMILES string of the molecule is CN(C)c1ccnc(CNC(=O)Cn2c(=O)oc3ccccc32)n1. The number of aromatic nitrogens is 3. The van der Waals surface area contributed by atoms with Crippen molar-refractivity contribution in [1.29, 1.82) is 0 Å². The highest BCUT2D eigenvalue weighted by Gasteiger charge is 2.12. The highest BCUT2D eigenvalue weighted by atomic mass is 16.4. The van der Waals surface area contributed by atoms with E-state index in [0.29, 0.717) is 16.9 Å². The second-order valence-corrected chi connectivity index (χ2v) is 5.42. The Morgan fingerprint density at radius 3 is 2.88 bits per heavy atom. The molecule has 0 atom stereocenters. The average Bonchev–Trinajstić information content (AvgIpc) is 2.89. The Kier molecular flexibility index (Phi) is 4.28. The van der Waals surface area contributed by atoms with Gasteiger partial charge in [0, 0.05) is 20.3 Å². The average molecular weight is 327 g/mol. The van der Waals surface area contributed by atoms with Crippen molar-refractivity contribution in [3.8, 4) is 0 Å². The number of nitrogens with zero attached hydrogens (tertiary/aromatic N) is 4. The lowest BCUT2D eigenvalue weighted by Gasteiger charge is -2.11. The molecule has 1 aromatic carbocycles. The lowest BCUT2D eigenvalue weighted by molar-refractivity contribution is -0.121. The van der Waals surface area contributed by atoms with E-state index in [4.69, 9.17) is 4.42 Å². The van der Waals surface area contributed by atoms with E-state index in [1.807, 2.05) is 19.0 Å². The van der Waals surface area contributed by atoms with Crippen molar-refractivity contribution in [2.75, 3.05) is 19.0 Å². The second kappa shape index (κ2) is 6.53. The summed E-state index contributed by atoms with van der Waals surface area (Å²) < 4.78 is 6.40. The fraction of sp³-hybridized carbons (Fsp3) is 0.250. The molecule has 1 amide bonds. The van der Waals surface area contributed by atoms with Crippen LogP contribution in [0.15, 0.2) is 45.7 Å². The molecule has 1 N–H and O–H groups in total. The van der Waals surface area contributed by atoms with Gasteiger partial charge in [0.05, 0.1) is 12.1 Å². The van der Waals surface area contributed by atoms with Crippen molar-refractivity contribution in [2.45, 2.75) is 13.1 Å².